The summed E-state index contributed by atoms with van der Waals surface area (Å²) >= 11 is 0. The molecular formula is C15H30N2O3. The minimum Gasteiger partial charge on any atom is -0.460 e. The number of hydrogen-bond donors (Lipinski definition) is 0. The second kappa shape index (κ2) is 8.25. The van der Waals surface area contributed by atoms with Crippen molar-refractivity contribution in [3.63, 3.8) is 0 Å². The van der Waals surface area contributed by atoms with E-state index in [4.69, 9.17) is 4.74 Å². The van der Waals surface area contributed by atoms with Gasteiger partial charge in [0.1, 0.15) is 5.60 Å². The highest BCUT2D eigenvalue weighted by Gasteiger charge is 2.21. The second-order valence-electron chi connectivity index (χ2n) is 6.38. The first-order valence-electron chi connectivity index (χ1n) is 7.22. The van der Waals surface area contributed by atoms with E-state index in [1.165, 1.54) is 0 Å². The molecule has 0 aliphatic rings. The van der Waals surface area contributed by atoms with Gasteiger partial charge in [-0.15, -0.1) is 0 Å². The topological polar surface area (TPSA) is 49.9 Å². The summed E-state index contributed by atoms with van der Waals surface area (Å²) in [5.41, 5.74) is -0.497. The fourth-order valence-electron chi connectivity index (χ4n) is 2.11. The van der Waals surface area contributed by atoms with Crippen molar-refractivity contribution in [2.75, 3.05) is 27.2 Å². The number of ether oxygens (including phenoxy) is 1. The fraction of sp³-hybridized carbons (Fsp3) is 0.867. The van der Waals surface area contributed by atoms with Crippen LogP contribution in [0, 0.1) is 0 Å². The quantitative estimate of drug-likeness (QED) is 0.671. The van der Waals surface area contributed by atoms with E-state index in [1.807, 2.05) is 53.6 Å². The molecule has 0 aliphatic heterocycles. The molecule has 0 saturated heterocycles. The normalized spacial score (nSPS) is 13.2. The zero-order valence-electron chi connectivity index (χ0n) is 14.0. The van der Waals surface area contributed by atoms with Gasteiger partial charge in [-0.2, -0.15) is 0 Å². The molecule has 0 N–H and O–H groups in total. The van der Waals surface area contributed by atoms with Crippen LogP contribution in [0.5, 0.6) is 0 Å². The van der Waals surface area contributed by atoms with Crippen LogP contribution in [0.25, 0.3) is 0 Å². The third kappa shape index (κ3) is 8.15. The Balaban J connectivity index is 4.32. The van der Waals surface area contributed by atoms with Gasteiger partial charge in [0.2, 0.25) is 5.91 Å². The summed E-state index contributed by atoms with van der Waals surface area (Å²) in [6.07, 6.45) is 0.349. The molecule has 0 saturated carbocycles. The first-order chi connectivity index (χ1) is 9.06. The lowest BCUT2D eigenvalue weighted by Gasteiger charge is -2.30. The van der Waals surface area contributed by atoms with Gasteiger partial charge in [-0.1, -0.05) is 0 Å². The van der Waals surface area contributed by atoms with Crippen molar-refractivity contribution in [3.8, 4) is 0 Å². The maximum Gasteiger partial charge on any atom is 0.306 e. The van der Waals surface area contributed by atoms with E-state index in [2.05, 4.69) is 4.90 Å². The first kappa shape index (κ1) is 18.9. The molecule has 0 bridgehead atoms. The Kier molecular flexibility index (Phi) is 7.79. The Bertz CT molecular complexity index is 322. The van der Waals surface area contributed by atoms with Crippen molar-refractivity contribution in [3.05, 3.63) is 0 Å². The monoisotopic (exact) mass is 286 g/mol. The van der Waals surface area contributed by atoms with Crippen molar-refractivity contribution < 1.29 is 14.3 Å². The SMILES string of the molecule is CCN(C(=O)CCC(=O)OC(C)(C)C)C(C)CN(C)C. The molecule has 118 valence electrons. The van der Waals surface area contributed by atoms with Crippen molar-refractivity contribution in [1.29, 1.82) is 0 Å². The van der Waals surface area contributed by atoms with E-state index >= 15 is 0 Å². The number of hydrogen-bond acceptors (Lipinski definition) is 4. The summed E-state index contributed by atoms with van der Waals surface area (Å²) in [6.45, 7) is 10.9. The van der Waals surface area contributed by atoms with Crippen molar-refractivity contribution >= 4 is 11.9 Å². The molecule has 0 aromatic heterocycles. The predicted molar refractivity (Wildman–Crippen MR) is 80.5 cm³/mol. The molecule has 1 atom stereocenters. The smallest absolute Gasteiger partial charge is 0.306 e. The highest BCUT2D eigenvalue weighted by atomic mass is 16.6. The number of amides is 1. The summed E-state index contributed by atoms with van der Waals surface area (Å²) < 4.78 is 5.21. The van der Waals surface area contributed by atoms with Gasteiger partial charge < -0.3 is 14.5 Å². The first-order valence-corrected chi connectivity index (χ1v) is 7.22. The standard InChI is InChI=1S/C15H30N2O3/c1-8-17(12(2)11-16(6)7)13(18)9-10-14(19)20-15(3,4)5/h12H,8-11H2,1-7H3. The summed E-state index contributed by atoms with van der Waals surface area (Å²) in [5.74, 6) is -0.310. The Morgan fingerprint density at radius 2 is 1.70 bits per heavy atom. The molecule has 0 spiro atoms. The molecule has 5 heteroatoms. The number of carbonyl (C=O) groups is 2. The van der Waals surface area contributed by atoms with Crippen LogP contribution < -0.4 is 0 Å². The molecule has 0 rings (SSSR count). The van der Waals surface area contributed by atoms with Gasteiger partial charge in [0, 0.05) is 25.6 Å². The minimum absolute atomic E-state index is 0.00714. The van der Waals surface area contributed by atoms with Gasteiger partial charge in [-0.05, 0) is 48.7 Å². The molecule has 0 aromatic carbocycles. The highest BCUT2D eigenvalue weighted by Crippen LogP contribution is 2.11. The fourth-order valence-corrected chi connectivity index (χ4v) is 2.11. The Morgan fingerprint density at radius 1 is 1.15 bits per heavy atom. The van der Waals surface area contributed by atoms with Gasteiger partial charge in [0.15, 0.2) is 0 Å². The average Bonchev–Trinajstić information content (AvgIpc) is 2.23. The summed E-state index contributed by atoms with van der Waals surface area (Å²) in [6, 6.07) is 0.140. The van der Waals surface area contributed by atoms with E-state index in [9.17, 15) is 9.59 Å². The predicted octanol–water partition coefficient (Wildman–Crippen LogP) is 1.91. The number of rotatable bonds is 7. The van der Waals surface area contributed by atoms with Gasteiger partial charge in [0.25, 0.3) is 0 Å². The van der Waals surface area contributed by atoms with Gasteiger partial charge in [-0.25, -0.2) is 0 Å². The van der Waals surface area contributed by atoms with Gasteiger partial charge >= 0.3 is 5.97 Å². The van der Waals surface area contributed by atoms with E-state index in [1.54, 1.807) is 0 Å². The molecule has 0 heterocycles. The average molecular weight is 286 g/mol. The molecule has 20 heavy (non-hydrogen) atoms. The van der Waals surface area contributed by atoms with Crippen LogP contribution in [-0.4, -0.2) is 60.5 Å². The highest BCUT2D eigenvalue weighted by molar-refractivity contribution is 5.81. The Labute approximate surface area is 123 Å². The van der Waals surface area contributed by atoms with Crippen LogP contribution in [0.1, 0.15) is 47.5 Å². The zero-order chi connectivity index (χ0) is 15.9. The molecule has 5 nitrogen and oxygen atoms in total. The van der Waals surface area contributed by atoms with Crippen molar-refractivity contribution in [2.45, 2.75) is 59.1 Å². The Morgan fingerprint density at radius 3 is 2.10 bits per heavy atom. The van der Waals surface area contributed by atoms with E-state index in [0.717, 1.165) is 6.54 Å². The third-order valence-electron chi connectivity index (χ3n) is 2.79. The van der Waals surface area contributed by atoms with E-state index in [-0.39, 0.29) is 30.8 Å². The maximum atomic E-state index is 12.2. The molecule has 1 amide bonds. The van der Waals surface area contributed by atoms with Gasteiger partial charge in [0.05, 0.1) is 6.42 Å². The molecular weight excluding hydrogens is 256 g/mol. The maximum absolute atomic E-state index is 12.2. The number of esters is 1. The third-order valence-corrected chi connectivity index (χ3v) is 2.79. The number of likely N-dealkylation sites (N-methyl/N-ethyl adjacent to an activating group) is 2. The van der Waals surface area contributed by atoms with Crippen LogP contribution in [-0.2, 0) is 14.3 Å². The molecule has 0 radical (unpaired) electrons. The summed E-state index contributed by atoms with van der Waals surface area (Å²) in [5, 5.41) is 0. The largest absolute Gasteiger partial charge is 0.460 e. The zero-order valence-corrected chi connectivity index (χ0v) is 14.0. The van der Waals surface area contributed by atoms with Crippen LogP contribution in [0.2, 0.25) is 0 Å². The number of carbonyl (C=O) groups excluding carboxylic acids is 2. The van der Waals surface area contributed by atoms with Crippen LogP contribution in [0.3, 0.4) is 0 Å². The molecule has 0 fully saturated rings. The second-order valence-corrected chi connectivity index (χ2v) is 6.38. The lowest BCUT2D eigenvalue weighted by molar-refractivity contribution is -0.156. The Hall–Kier alpha value is -1.10. The van der Waals surface area contributed by atoms with Crippen molar-refractivity contribution in [1.82, 2.24) is 9.80 Å². The molecule has 0 aliphatic carbocycles. The van der Waals surface area contributed by atoms with Crippen LogP contribution >= 0.6 is 0 Å². The number of nitrogens with zero attached hydrogens (tertiary/aromatic N) is 2. The molecule has 1 unspecified atom stereocenters. The summed E-state index contributed by atoms with van der Waals surface area (Å²) in [4.78, 5) is 27.6. The lowest BCUT2D eigenvalue weighted by Crippen LogP contribution is -2.43. The minimum atomic E-state index is -0.497. The van der Waals surface area contributed by atoms with Crippen molar-refractivity contribution in [2.24, 2.45) is 0 Å². The summed E-state index contributed by atoms with van der Waals surface area (Å²) in [7, 11) is 3.96. The van der Waals surface area contributed by atoms with Crippen LogP contribution in [0.4, 0.5) is 0 Å². The van der Waals surface area contributed by atoms with E-state index in [0.29, 0.717) is 6.54 Å². The molecule has 0 aromatic rings. The lowest BCUT2D eigenvalue weighted by atomic mass is 10.2. The van der Waals surface area contributed by atoms with E-state index < -0.39 is 5.60 Å². The van der Waals surface area contributed by atoms with Gasteiger partial charge in [-0.3, -0.25) is 9.59 Å². The van der Waals surface area contributed by atoms with Crippen LogP contribution in [0.15, 0.2) is 0 Å².